The van der Waals surface area contributed by atoms with E-state index in [0.29, 0.717) is 5.69 Å². The lowest BCUT2D eigenvalue weighted by Crippen LogP contribution is -2.40. The van der Waals surface area contributed by atoms with Gasteiger partial charge in [0.2, 0.25) is 10.0 Å². The van der Waals surface area contributed by atoms with Crippen LogP contribution in [0.3, 0.4) is 0 Å². The van der Waals surface area contributed by atoms with Crippen molar-refractivity contribution in [3.63, 3.8) is 0 Å². The van der Waals surface area contributed by atoms with E-state index >= 15 is 0 Å². The summed E-state index contributed by atoms with van der Waals surface area (Å²) in [5.41, 5.74) is 0.00314. The second kappa shape index (κ2) is 6.70. The van der Waals surface area contributed by atoms with Gasteiger partial charge < -0.3 is 5.32 Å². The number of rotatable bonds is 4. The molecule has 24 heavy (non-hydrogen) atoms. The number of hydrogen-bond donors (Lipinski definition) is 2. The quantitative estimate of drug-likeness (QED) is 0.889. The number of amides is 1. The third kappa shape index (κ3) is 4.87. The molecule has 0 atom stereocenters. The molecule has 0 aliphatic carbocycles. The Balaban J connectivity index is 2.14. The van der Waals surface area contributed by atoms with Crippen LogP contribution < -0.4 is 10.0 Å². The third-order valence-electron chi connectivity index (χ3n) is 2.95. The highest BCUT2D eigenvalue weighted by Crippen LogP contribution is 2.17. The second-order valence-electron chi connectivity index (χ2n) is 6.34. The topological polar surface area (TPSA) is 75.3 Å². The van der Waals surface area contributed by atoms with Gasteiger partial charge in [-0.15, -0.1) is 0 Å². The molecule has 2 aromatic carbocycles. The first-order valence-electron chi connectivity index (χ1n) is 7.28. The fourth-order valence-electron chi connectivity index (χ4n) is 2.01. The van der Waals surface area contributed by atoms with Crippen LogP contribution in [0.25, 0.3) is 0 Å². The zero-order chi connectivity index (χ0) is 18.0. The Hall–Kier alpha value is -2.25. The highest BCUT2D eigenvalue weighted by atomic mass is 32.2. The summed E-state index contributed by atoms with van der Waals surface area (Å²) in [4.78, 5) is 12.1. The number of carbonyl (C=O) groups is 1. The molecule has 2 rings (SSSR count). The normalized spacial score (nSPS) is 12.0. The van der Waals surface area contributed by atoms with Gasteiger partial charge in [-0.1, -0.05) is 6.07 Å². The number of carbonyl (C=O) groups excluding carboxylic acids is 1. The lowest BCUT2D eigenvalue weighted by Gasteiger charge is -2.20. The molecule has 0 radical (unpaired) electrons. The first-order chi connectivity index (χ1) is 11.1. The zero-order valence-electron chi connectivity index (χ0n) is 13.6. The van der Waals surface area contributed by atoms with Crippen molar-refractivity contribution in [1.29, 1.82) is 0 Å². The molecule has 128 valence electrons. The van der Waals surface area contributed by atoms with Crippen LogP contribution in [-0.2, 0) is 10.0 Å². The molecule has 0 heterocycles. The SMILES string of the molecule is CC(C)(C)NS(=O)(=O)c1ccc(NC(=O)c2cccc(F)c2)cc1. The maximum absolute atomic E-state index is 13.1. The molecule has 0 fully saturated rings. The van der Waals surface area contributed by atoms with Crippen molar-refractivity contribution in [3.05, 3.63) is 59.9 Å². The summed E-state index contributed by atoms with van der Waals surface area (Å²) in [5.74, 6) is -0.977. The van der Waals surface area contributed by atoms with Crippen LogP contribution >= 0.6 is 0 Å². The molecule has 0 saturated heterocycles. The second-order valence-corrected chi connectivity index (χ2v) is 8.03. The van der Waals surface area contributed by atoms with Gasteiger partial charge >= 0.3 is 0 Å². The Morgan fingerprint density at radius 2 is 1.67 bits per heavy atom. The molecule has 2 N–H and O–H groups in total. The number of hydrogen-bond acceptors (Lipinski definition) is 3. The van der Waals surface area contributed by atoms with Crippen LogP contribution in [0.4, 0.5) is 10.1 Å². The van der Waals surface area contributed by atoms with E-state index in [-0.39, 0.29) is 10.5 Å². The van der Waals surface area contributed by atoms with Gasteiger partial charge in [0.05, 0.1) is 4.90 Å². The van der Waals surface area contributed by atoms with Gasteiger partial charge in [-0.25, -0.2) is 17.5 Å². The number of halogens is 1. The van der Waals surface area contributed by atoms with Crippen molar-refractivity contribution in [2.75, 3.05) is 5.32 Å². The fourth-order valence-corrected chi connectivity index (χ4v) is 3.43. The van der Waals surface area contributed by atoms with E-state index in [9.17, 15) is 17.6 Å². The number of sulfonamides is 1. The van der Waals surface area contributed by atoms with Crippen molar-refractivity contribution in [1.82, 2.24) is 4.72 Å². The Morgan fingerprint density at radius 3 is 2.21 bits per heavy atom. The predicted molar refractivity (Wildman–Crippen MR) is 90.9 cm³/mol. The van der Waals surface area contributed by atoms with E-state index in [0.717, 1.165) is 6.07 Å². The van der Waals surface area contributed by atoms with E-state index in [1.807, 2.05) is 0 Å². The van der Waals surface area contributed by atoms with E-state index in [4.69, 9.17) is 0 Å². The van der Waals surface area contributed by atoms with Gasteiger partial charge in [0.25, 0.3) is 5.91 Å². The van der Waals surface area contributed by atoms with E-state index < -0.39 is 27.3 Å². The van der Waals surface area contributed by atoms with Crippen LogP contribution in [-0.4, -0.2) is 19.9 Å². The summed E-state index contributed by atoms with van der Waals surface area (Å²) in [6.45, 7) is 5.24. The Bertz CT molecular complexity index is 841. The molecule has 0 unspecified atom stereocenters. The maximum Gasteiger partial charge on any atom is 0.255 e. The molecular weight excluding hydrogens is 331 g/mol. The molecule has 0 bridgehead atoms. The minimum Gasteiger partial charge on any atom is -0.322 e. The molecule has 0 spiro atoms. The van der Waals surface area contributed by atoms with E-state index in [1.54, 1.807) is 20.8 Å². The standard InChI is InChI=1S/C17H19FN2O3S/c1-17(2,3)20-24(22,23)15-9-7-14(8-10-15)19-16(21)12-5-4-6-13(18)11-12/h4-11,20H,1-3H3,(H,19,21). The van der Waals surface area contributed by atoms with Gasteiger partial charge in [0.15, 0.2) is 0 Å². The van der Waals surface area contributed by atoms with E-state index in [2.05, 4.69) is 10.0 Å². The van der Waals surface area contributed by atoms with Gasteiger partial charge in [-0.05, 0) is 63.2 Å². The minimum absolute atomic E-state index is 0.0983. The molecular formula is C17H19FN2O3S. The van der Waals surface area contributed by atoms with Crippen molar-refractivity contribution in [3.8, 4) is 0 Å². The largest absolute Gasteiger partial charge is 0.322 e. The van der Waals surface area contributed by atoms with Gasteiger partial charge in [0.1, 0.15) is 5.82 Å². The van der Waals surface area contributed by atoms with E-state index in [1.165, 1.54) is 42.5 Å². The van der Waals surface area contributed by atoms with Crippen LogP contribution in [0.15, 0.2) is 53.4 Å². The summed E-state index contributed by atoms with van der Waals surface area (Å²) >= 11 is 0. The molecule has 5 nitrogen and oxygen atoms in total. The highest BCUT2D eigenvalue weighted by Gasteiger charge is 2.21. The van der Waals surface area contributed by atoms with Crippen molar-refractivity contribution in [2.24, 2.45) is 0 Å². The summed E-state index contributed by atoms with van der Waals surface area (Å²) < 4.78 is 40.1. The molecule has 0 saturated carbocycles. The van der Waals surface area contributed by atoms with Crippen LogP contribution in [0.1, 0.15) is 31.1 Å². The maximum atomic E-state index is 13.1. The van der Waals surface area contributed by atoms with Crippen molar-refractivity contribution >= 4 is 21.6 Å². The molecule has 0 aromatic heterocycles. The lowest BCUT2D eigenvalue weighted by molar-refractivity contribution is 0.102. The molecule has 7 heteroatoms. The Kier molecular flexibility index (Phi) is 5.05. The monoisotopic (exact) mass is 350 g/mol. The number of benzene rings is 2. The van der Waals surface area contributed by atoms with Crippen LogP contribution in [0, 0.1) is 5.82 Å². The summed E-state index contributed by atoms with van der Waals surface area (Å²) in [5, 5.41) is 2.59. The average Bonchev–Trinajstić information content (AvgIpc) is 2.45. The molecule has 2 aromatic rings. The van der Waals surface area contributed by atoms with Crippen LogP contribution in [0.5, 0.6) is 0 Å². The fraction of sp³-hybridized carbons (Fsp3) is 0.235. The summed E-state index contributed by atoms with van der Waals surface area (Å²) in [6, 6.07) is 11.1. The molecule has 1 amide bonds. The smallest absolute Gasteiger partial charge is 0.255 e. The third-order valence-corrected chi connectivity index (χ3v) is 4.72. The Labute approximate surface area is 141 Å². The van der Waals surface area contributed by atoms with Crippen molar-refractivity contribution < 1.29 is 17.6 Å². The lowest BCUT2D eigenvalue weighted by atomic mass is 10.1. The average molecular weight is 350 g/mol. The minimum atomic E-state index is -3.63. The van der Waals surface area contributed by atoms with Crippen molar-refractivity contribution in [2.45, 2.75) is 31.2 Å². The number of anilines is 1. The van der Waals surface area contributed by atoms with Gasteiger partial charge in [-0.3, -0.25) is 4.79 Å². The van der Waals surface area contributed by atoms with Gasteiger partial charge in [0, 0.05) is 16.8 Å². The number of nitrogens with one attached hydrogen (secondary N) is 2. The predicted octanol–water partition coefficient (Wildman–Crippen LogP) is 3.15. The first-order valence-corrected chi connectivity index (χ1v) is 8.76. The molecule has 0 aliphatic heterocycles. The molecule has 0 aliphatic rings. The first kappa shape index (κ1) is 18.1. The summed E-state index contributed by atoms with van der Waals surface area (Å²) in [6.07, 6.45) is 0. The zero-order valence-corrected chi connectivity index (χ0v) is 14.4. The Morgan fingerprint density at radius 1 is 1.04 bits per heavy atom. The summed E-state index contributed by atoms with van der Waals surface area (Å²) in [7, 11) is -3.63. The van der Waals surface area contributed by atoms with Crippen LogP contribution in [0.2, 0.25) is 0 Å². The highest BCUT2D eigenvalue weighted by molar-refractivity contribution is 7.89. The van der Waals surface area contributed by atoms with Gasteiger partial charge in [-0.2, -0.15) is 0 Å².